The van der Waals surface area contributed by atoms with E-state index in [4.69, 9.17) is 0 Å². The van der Waals surface area contributed by atoms with Gasteiger partial charge in [0, 0.05) is 19.2 Å². The van der Waals surface area contributed by atoms with Crippen LogP contribution >= 0.6 is 0 Å². The second-order valence-electron chi connectivity index (χ2n) is 7.44. The lowest BCUT2D eigenvalue weighted by atomic mass is 9.89. The summed E-state index contributed by atoms with van der Waals surface area (Å²) in [4.78, 5) is 29.4. The highest BCUT2D eigenvalue weighted by Gasteiger charge is 2.43. The van der Waals surface area contributed by atoms with E-state index in [1.54, 1.807) is 30.3 Å². The van der Waals surface area contributed by atoms with Gasteiger partial charge in [0.1, 0.15) is 5.92 Å². The molecule has 2 amide bonds. The molecule has 5 nitrogen and oxygen atoms in total. The van der Waals surface area contributed by atoms with Gasteiger partial charge in [-0.15, -0.1) is 0 Å². The Morgan fingerprint density at radius 3 is 2.26 bits per heavy atom. The lowest BCUT2D eigenvalue weighted by Crippen LogP contribution is -2.40. The number of rotatable bonds is 2. The number of aliphatic hydroxyl groups excluding tert-OH is 1. The molecular weight excluding hydrogens is 409 g/mol. The van der Waals surface area contributed by atoms with E-state index in [2.05, 4.69) is 0 Å². The monoisotopic (exact) mass is 428 g/mol. The zero-order chi connectivity index (χ0) is 22.3. The summed E-state index contributed by atoms with van der Waals surface area (Å²) in [7, 11) is 1.44. The van der Waals surface area contributed by atoms with Crippen LogP contribution in [0.1, 0.15) is 18.4 Å². The molecule has 1 atom stereocenters. The molecule has 0 saturated carbocycles. The van der Waals surface area contributed by atoms with Crippen molar-refractivity contribution in [3.63, 3.8) is 0 Å². The number of para-hydroxylation sites is 1. The van der Waals surface area contributed by atoms with E-state index in [1.807, 2.05) is 0 Å². The van der Waals surface area contributed by atoms with Crippen LogP contribution in [0, 0.1) is 5.92 Å². The Morgan fingerprint density at radius 2 is 1.65 bits per heavy atom. The summed E-state index contributed by atoms with van der Waals surface area (Å²) in [5, 5.41) is 9.66. The first-order chi connectivity index (χ1) is 14.7. The number of carbonyl (C=O) groups is 2. The molecule has 1 unspecified atom stereocenters. The van der Waals surface area contributed by atoms with Gasteiger partial charge in [-0.1, -0.05) is 24.3 Å². The quantitative estimate of drug-likeness (QED) is 0.675. The molecule has 2 aromatic rings. The third-order valence-electron chi connectivity index (χ3n) is 5.49. The summed E-state index contributed by atoms with van der Waals surface area (Å²) in [5.41, 5.74) is 0.135. The van der Waals surface area contributed by atoms with E-state index in [1.165, 1.54) is 35.1 Å². The lowest BCUT2D eigenvalue weighted by Gasteiger charge is -2.26. The van der Waals surface area contributed by atoms with Gasteiger partial charge in [-0.3, -0.25) is 14.5 Å². The standard InChI is InChI=1S/C23H19F3N2O3/c1-27-18-12-9-15(23(24,25)26)13-19(18)28(16-5-3-2-4-6-16)22(31)20(21(27)30)14-7-10-17(29)11-8-14/h2-7,9-10,12-13,20,29H,8,11H2,1H3. The van der Waals surface area contributed by atoms with Crippen molar-refractivity contribution in [2.24, 2.45) is 5.92 Å². The zero-order valence-electron chi connectivity index (χ0n) is 16.6. The van der Waals surface area contributed by atoms with Crippen molar-refractivity contribution in [1.29, 1.82) is 0 Å². The Bertz CT molecular complexity index is 1110. The molecule has 160 valence electrons. The molecule has 2 aromatic carbocycles. The van der Waals surface area contributed by atoms with Crippen molar-refractivity contribution in [1.82, 2.24) is 0 Å². The smallest absolute Gasteiger partial charge is 0.416 e. The summed E-state index contributed by atoms with van der Waals surface area (Å²) >= 11 is 0. The van der Waals surface area contributed by atoms with Crippen LogP contribution < -0.4 is 9.80 Å². The Labute approximate surface area is 176 Å². The predicted octanol–water partition coefficient (Wildman–Crippen LogP) is 5.12. The summed E-state index contributed by atoms with van der Waals surface area (Å²) in [6, 6.07) is 11.3. The summed E-state index contributed by atoms with van der Waals surface area (Å²) in [5.74, 6) is -2.24. The third-order valence-corrected chi connectivity index (χ3v) is 5.49. The van der Waals surface area contributed by atoms with Gasteiger partial charge in [0.2, 0.25) is 11.8 Å². The Kier molecular flexibility index (Phi) is 5.08. The van der Waals surface area contributed by atoms with Gasteiger partial charge in [-0.25, -0.2) is 0 Å². The molecule has 1 heterocycles. The number of hydrogen-bond donors (Lipinski definition) is 1. The molecule has 31 heavy (non-hydrogen) atoms. The van der Waals surface area contributed by atoms with Gasteiger partial charge in [-0.05, 0) is 48.4 Å². The van der Waals surface area contributed by atoms with E-state index in [0.29, 0.717) is 17.7 Å². The number of fused-ring (bicyclic) bond motifs is 1. The number of nitrogens with zero attached hydrogens (tertiary/aromatic N) is 2. The van der Waals surface area contributed by atoms with Gasteiger partial charge in [0.15, 0.2) is 0 Å². The number of amides is 2. The predicted molar refractivity (Wildman–Crippen MR) is 110 cm³/mol. The number of carbonyl (C=O) groups excluding carboxylic acids is 2. The van der Waals surface area contributed by atoms with Crippen LogP contribution in [0.15, 0.2) is 72.0 Å². The van der Waals surface area contributed by atoms with Crippen molar-refractivity contribution in [3.8, 4) is 0 Å². The minimum Gasteiger partial charge on any atom is -0.512 e. The maximum Gasteiger partial charge on any atom is 0.416 e. The minimum atomic E-state index is -4.61. The van der Waals surface area contributed by atoms with Crippen molar-refractivity contribution < 1.29 is 27.9 Å². The summed E-state index contributed by atoms with van der Waals surface area (Å²) in [6.45, 7) is 0. The molecule has 0 bridgehead atoms. The van der Waals surface area contributed by atoms with Gasteiger partial charge in [0.05, 0.1) is 22.7 Å². The highest BCUT2D eigenvalue weighted by Crippen LogP contribution is 2.44. The van der Waals surface area contributed by atoms with Crippen molar-refractivity contribution in [2.75, 3.05) is 16.8 Å². The first-order valence-electron chi connectivity index (χ1n) is 9.65. The topological polar surface area (TPSA) is 60.9 Å². The molecule has 4 rings (SSSR count). The first-order valence-corrected chi connectivity index (χ1v) is 9.65. The van der Waals surface area contributed by atoms with Gasteiger partial charge in [-0.2, -0.15) is 13.2 Å². The molecule has 1 aliphatic carbocycles. The normalized spacial score (nSPS) is 19.5. The van der Waals surface area contributed by atoms with E-state index in [9.17, 15) is 27.9 Å². The summed E-state index contributed by atoms with van der Waals surface area (Å²) < 4.78 is 40.3. The third kappa shape index (κ3) is 3.69. The van der Waals surface area contributed by atoms with Crippen molar-refractivity contribution in [2.45, 2.75) is 19.0 Å². The average molecular weight is 428 g/mol. The highest BCUT2D eigenvalue weighted by molar-refractivity contribution is 6.21. The molecule has 1 N–H and O–H groups in total. The van der Waals surface area contributed by atoms with E-state index in [-0.39, 0.29) is 23.6 Å². The van der Waals surface area contributed by atoms with Gasteiger partial charge < -0.3 is 10.0 Å². The van der Waals surface area contributed by atoms with Crippen LogP contribution in [-0.2, 0) is 15.8 Å². The maximum atomic E-state index is 13.7. The molecule has 0 spiro atoms. The lowest BCUT2D eigenvalue weighted by molar-refractivity contribution is -0.137. The Morgan fingerprint density at radius 1 is 0.935 bits per heavy atom. The number of halogens is 3. The maximum absolute atomic E-state index is 13.7. The summed E-state index contributed by atoms with van der Waals surface area (Å²) in [6.07, 6.45) is -1.06. The van der Waals surface area contributed by atoms with E-state index < -0.39 is 29.5 Å². The molecule has 0 aromatic heterocycles. The fraction of sp³-hybridized carbons (Fsp3) is 0.217. The van der Waals surface area contributed by atoms with E-state index in [0.717, 1.165) is 12.1 Å². The number of hydrogen-bond acceptors (Lipinski definition) is 3. The minimum absolute atomic E-state index is 0.0147. The highest BCUT2D eigenvalue weighted by atomic mass is 19.4. The first kappa shape index (κ1) is 20.7. The second kappa shape index (κ2) is 7.61. The Balaban J connectivity index is 1.94. The van der Waals surface area contributed by atoms with Gasteiger partial charge >= 0.3 is 6.18 Å². The Hall–Kier alpha value is -3.55. The van der Waals surface area contributed by atoms with Crippen LogP contribution in [0.2, 0.25) is 0 Å². The number of aliphatic hydroxyl groups is 1. The fourth-order valence-corrected chi connectivity index (χ4v) is 3.87. The number of benzene rings is 2. The zero-order valence-corrected chi connectivity index (χ0v) is 16.6. The average Bonchev–Trinajstić information content (AvgIpc) is 2.82. The second-order valence-corrected chi connectivity index (χ2v) is 7.44. The van der Waals surface area contributed by atoms with Crippen molar-refractivity contribution in [3.05, 3.63) is 77.6 Å². The molecule has 0 radical (unpaired) electrons. The molecule has 1 aliphatic heterocycles. The fourth-order valence-electron chi connectivity index (χ4n) is 3.87. The van der Waals surface area contributed by atoms with Crippen LogP contribution in [0.5, 0.6) is 0 Å². The molecule has 2 aliphatic rings. The number of anilines is 3. The van der Waals surface area contributed by atoms with Crippen molar-refractivity contribution >= 4 is 28.9 Å². The van der Waals surface area contributed by atoms with Crippen LogP contribution in [0.4, 0.5) is 30.2 Å². The van der Waals surface area contributed by atoms with Gasteiger partial charge in [0.25, 0.3) is 0 Å². The molecule has 0 saturated heterocycles. The number of allylic oxidation sites excluding steroid dienone is 3. The van der Waals surface area contributed by atoms with Crippen LogP contribution in [0.25, 0.3) is 0 Å². The van der Waals surface area contributed by atoms with Crippen LogP contribution in [-0.4, -0.2) is 24.0 Å². The molecular formula is C23H19F3N2O3. The largest absolute Gasteiger partial charge is 0.512 e. The van der Waals surface area contributed by atoms with Crippen LogP contribution in [0.3, 0.4) is 0 Å². The molecule has 0 fully saturated rings. The van der Waals surface area contributed by atoms with E-state index >= 15 is 0 Å². The number of alkyl halides is 3. The molecule has 8 heteroatoms. The SMILES string of the molecule is CN1C(=O)C(C2=CC=C(O)CC2)C(=O)N(c2ccccc2)c2cc(C(F)(F)F)ccc21.